The average molecular weight is 238 g/mol. The summed E-state index contributed by atoms with van der Waals surface area (Å²) in [5.74, 6) is -0.802. The first kappa shape index (κ1) is 12.6. The summed E-state index contributed by atoms with van der Waals surface area (Å²) in [4.78, 5) is 11.2. The molecule has 3 heteroatoms. The lowest BCUT2D eigenvalue weighted by atomic mass is 9.84. The van der Waals surface area contributed by atoms with Gasteiger partial charge in [0, 0.05) is 0 Å². The van der Waals surface area contributed by atoms with Crippen molar-refractivity contribution >= 4 is 5.97 Å². The second kappa shape index (κ2) is 4.45. The molecule has 2 atom stereocenters. The molecule has 0 amide bonds. The Morgan fingerprint density at radius 2 is 2.18 bits per heavy atom. The van der Waals surface area contributed by atoms with Gasteiger partial charge >= 0.3 is 5.97 Å². The Morgan fingerprint density at radius 1 is 1.53 bits per heavy atom. The van der Waals surface area contributed by atoms with Crippen LogP contribution in [0.3, 0.4) is 0 Å². The highest BCUT2D eigenvalue weighted by Crippen LogP contribution is 2.45. The second-order valence-electron chi connectivity index (χ2n) is 5.80. The van der Waals surface area contributed by atoms with Crippen molar-refractivity contribution in [2.24, 2.45) is 5.41 Å². The third-order valence-corrected chi connectivity index (χ3v) is 4.44. The summed E-state index contributed by atoms with van der Waals surface area (Å²) >= 11 is 0. The first-order chi connectivity index (χ1) is 8.00. The maximum absolute atomic E-state index is 11.2. The molecule has 0 radical (unpaired) electrons. The minimum atomic E-state index is -0.852. The van der Waals surface area contributed by atoms with Crippen molar-refractivity contribution in [1.82, 2.24) is 0 Å². The van der Waals surface area contributed by atoms with Gasteiger partial charge in [-0.15, -0.1) is 6.58 Å². The molecular weight excluding hydrogens is 216 g/mol. The van der Waals surface area contributed by atoms with Crippen LogP contribution in [0.5, 0.6) is 0 Å². The van der Waals surface area contributed by atoms with E-state index < -0.39 is 11.4 Å². The number of carboxylic acid groups (broad SMARTS) is 1. The molecular formula is C14H22O3. The summed E-state index contributed by atoms with van der Waals surface area (Å²) in [5, 5.41) is 9.22. The van der Waals surface area contributed by atoms with Gasteiger partial charge in [-0.3, -0.25) is 4.79 Å². The molecule has 0 aromatic heterocycles. The van der Waals surface area contributed by atoms with Gasteiger partial charge in [0.1, 0.15) is 0 Å². The van der Waals surface area contributed by atoms with Crippen molar-refractivity contribution < 1.29 is 14.6 Å². The smallest absolute Gasteiger partial charge is 0.313 e. The molecule has 3 nitrogen and oxygen atoms in total. The van der Waals surface area contributed by atoms with Crippen LogP contribution < -0.4 is 0 Å². The maximum atomic E-state index is 11.2. The Balaban J connectivity index is 1.97. The Hall–Kier alpha value is -0.830. The third kappa shape index (κ3) is 2.39. The molecule has 1 aliphatic carbocycles. The number of carboxylic acids is 1. The molecule has 1 saturated carbocycles. The van der Waals surface area contributed by atoms with E-state index in [1.165, 1.54) is 12.8 Å². The number of aliphatic carboxylic acids is 1. The normalized spacial score (nSPS) is 30.3. The molecule has 0 aromatic carbocycles. The second-order valence-corrected chi connectivity index (χ2v) is 5.80. The molecule has 2 fully saturated rings. The van der Waals surface area contributed by atoms with E-state index in [2.05, 4.69) is 6.58 Å². The topological polar surface area (TPSA) is 46.5 Å². The van der Waals surface area contributed by atoms with Gasteiger partial charge < -0.3 is 9.84 Å². The monoisotopic (exact) mass is 238 g/mol. The Bertz CT molecular complexity index is 317. The Kier molecular flexibility index (Phi) is 3.30. The van der Waals surface area contributed by atoms with Crippen LogP contribution in [-0.2, 0) is 9.53 Å². The molecule has 1 aliphatic heterocycles. The van der Waals surface area contributed by atoms with Gasteiger partial charge in [0.2, 0.25) is 0 Å². The summed E-state index contributed by atoms with van der Waals surface area (Å²) in [5.41, 5.74) is -0.764. The zero-order valence-electron chi connectivity index (χ0n) is 10.6. The molecule has 17 heavy (non-hydrogen) atoms. The van der Waals surface area contributed by atoms with Crippen LogP contribution in [0.4, 0.5) is 0 Å². The highest BCUT2D eigenvalue weighted by Gasteiger charge is 2.44. The van der Waals surface area contributed by atoms with Crippen LogP contribution in [0.1, 0.15) is 51.9 Å². The van der Waals surface area contributed by atoms with E-state index in [1.807, 2.05) is 0 Å². The zero-order chi connectivity index (χ0) is 12.5. The SMILES string of the molecule is C=CC(C)(CC1CCC2(CCCC2)O1)C(=O)O. The largest absolute Gasteiger partial charge is 0.481 e. The van der Waals surface area contributed by atoms with Gasteiger partial charge in [0.05, 0.1) is 17.1 Å². The fourth-order valence-corrected chi connectivity index (χ4v) is 3.16. The zero-order valence-corrected chi connectivity index (χ0v) is 10.6. The fourth-order valence-electron chi connectivity index (χ4n) is 3.16. The van der Waals surface area contributed by atoms with Gasteiger partial charge in [0.15, 0.2) is 0 Å². The van der Waals surface area contributed by atoms with Crippen LogP contribution in [0, 0.1) is 5.41 Å². The van der Waals surface area contributed by atoms with Gasteiger partial charge in [-0.25, -0.2) is 0 Å². The van der Waals surface area contributed by atoms with Crippen molar-refractivity contribution in [2.75, 3.05) is 0 Å². The number of ether oxygens (including phenoxy) is 1. The minimum absolute atomic E-state index is 0.0885. The van der Waals surface area contributed by atoms with Crippen LogP contribution in [0.15, 0.2) is 12.7 Å². The number of hydrogen-bond acceptors (Lipinski definition) is 2. The van der Waals surface area contributed by atoms with Crippen LogP contribution in [0.25, 0.3) is 0 Å². The average Bonchev–Trinajstić information content (AvgIpc) is 2.90. The molecule has 2 rings (SSSR count). The highest BCUT2D eigenvalue weighted by molar-refractivity contribution is 5.76. The lowest BCUT2D eigenvalue weighted by Crippen LogP contribution is -2.32. The summed E-state index contributed by atoms with van der Waals surface area (Å²) in [6.45, 7) is 5.38. The molecule has 1 N–H and O–H groups in total. The highest BCUT2D eigenvalue weighted by atomic mass is 16.5. The molecule has 0 bridgehead atoms. The lowest BCUT2D eigenvalue weighted by Gasteiger charge is -2.27. The van der Waals surface area contributed by atoms with Crippen molar-refractivity contribution in [3.05, 3.63) is 12.7 Å². The molecule has 1 heterocycles. The Morgan fingerprint density at radius 3 is 2.71 bits per heavy atom. The predicted molar refractivity (Wildman–Crippen MR) is 65.9 cm³/mol. The predicted octanol–water partition coefficient (Wildman–Crippen LogP) is 3.15. The molecule has 0 aromatic rings. The van der Waals surface area contributed by atoms with Crippen LogP contribution >= 0.6 is 0 Å². The van der Waals surface area contributed by atoms with Gasteiger partial charge in [0.25, 0.3) is 0 Å². The summed E-state index contributed by atoms with van der Waals surface area (Å²) in [7, 11) is 0. The van der Waals surface area contributed by atoms with Crippen molar-refractivity contribution in [2.45, 2.75) is 63.6 Å². The van der Waals surface area contributed by atoms with E-state index in [0.29, 0.717) is 6.42 Å². The third-order valence-electron chi connectivity index (χ3n) is 4.44. The maximum Gasteiger partial charge on any atom is 0.313 e. The molecule has 2 unspecified atom stereocenters. The van der Waals surface area contributed by atoms with E-state index in [0.717, 1.165) is 25.7 Å². The molecule has 1 saturated heterocycles. The number of rotatable bonds is 4. The summed E-state index contributed by atoms with van der Waals surface area (Å²) in [6.07, 6.45) is 9.09. The molecule has 1 spiro atoms. The van der Waals surface area contributed by atoms with Crippen LogP contribution in [-0.4, -0.2) is 22.8 Å². The number of carbonyl (C=O) groups is 1. The first-order valence-electron chi connectivity index (χ1n) is 6.55. The van der Waals surface area contributed by atoms with Gasteiger partial charge in [-0.05, 0) is 39.0 Å². The molecule has 96 valence electrons. The van der Waals surface area contributed by atoms with E-state index in [9.17, 15) is 9.90 Å². The standard InChI is InChI=1S/C14H22O3/c1-3-13(2,12(15)16)10-11-6-9-14(17-11)7-4-5-8-14/h3,11H,1,4-10H2,2H3,(H,15,16). The van der Waals surface area contributed by atoms with E-state index in [-0.39, 0.29) is 11.7 Å². The van der Waals surface area contributed by atoms with Gasteiger partial charge in [-0.1, -0.05) is 18.9 Å². The molecule has 2 aliphatic rings. The fraction of sp³-hybridized carbons (Fsp3) is 0.786. The minimum Gasteiger partial charge on any atom is -0.481 e. The lowest BCUT2D eigenvalue weighted by molar-refractivity contribution is -0.147. The van der Waals surface area contributed by atoms with E-state index >= 15 is 0 Å². The first-order valence-corrected chi connectivity index (χ1v) is 6.55. The Labute approximate surface area is 103 Å². The van der Waals surface area contributed by atoms with E-state index in [1.54, 1.807) is 13.0 Å². The van der Waals surface area contributed by atoms with E-state index in [4.69, 9.17) is 4.74 Å². The van der Waals surface area contributed by atoms with Crippen molar-refractivity contribution in [3.63, 3.8) is 0 Å². The number of hydrogen-bond donors (Lipinski definition) is 1. The summed E-state index contributed by atoms with van der Waals surface area (Å²) < 4.78 is 6.15. The van der Waals surface area contributed by atoms with Crippen molar-refractivity contribution in [3.8, 4) is 0 Å². The van der Waals surface area contributed by atoms with Crippen LogP contribution in [0.2, 0.25) is 0 Å². The van der Waals surface area contributed by atoms with Gasteiger partial charge in [-0.2, -0.15) is 0 Å². The quantitative estimate of drug-likeness (QED) is 0.765. The van der Waals surface area contributed by atoms with Crippen molar-refractivity contribution in [1.29, 1.82) is 0 Å². The summed E-state index contributed by atoms with van der Waals surface area (Å²) in [6, 6.07) is 0.